The number of ether oxygens (including phenoxy) is 2. The molecule has 0 unspecified atom stereocenters. The van der Waals surface area contributed by atoms with Crippen molar-refractivity contribution in [3.63, 3.8) is 0 Å². The summed E-state index contributed by atoms with van der Waals surface area (Å²) in [4.78, 5) is 29.5. The molecule has 0 aliphatic carbocycles. The molecule has 1 heterocycles. The summed E-state index contributed by atoms with van der Waals surface area (Å²) in [5.41, 5.74) is 2.83. The van der Waals surface area contributed by atoms with Crippen molar-refractivity contribution in [3.05, 3.63) is 82.9 Å². The summed E-state index contributed by atoms with van der Waals surface area (Å²) in [5.74, 6) is 0.905. The van der Waals surface area contributed by atoms with Gasteiger partial charge in [-0.3, -0.25) is 14.9 Å². The summed E-state index contributed by atoms with van der Waals surface area (Å²) in [5, 5.41) is 6.23. The normalized spacial score (nSPS) is 13.0. The molecule has 10 heteroatoms. The van der Waals surface area contributed by atoms with Gasteiger partial charge in [-0.15, -0.1) is 0 Å². The molecule has 0 radical (unpaired) electrons. The zero-order valence-corrected chi connectivity index (χ0v) is 22.8. The van der Waals surface area contributed by atoms with E-state index in [1.807, 2.05) is 36.1 Å². The first-order chi connectivity index (χ1) is 18.4. The van der Waals surface area contributed by atoms with Gasteiger partial charge in [0.1, 0.15) is 11.5 Å². The van der Waals surface area contributed by atoms with E-state index in [2.05, 4.69) is 15.5 Å². The maximum atomic E-state index is 12.8. The third-order valence-corrected chi connectivity index (χ3v) is 6.61. The average molecular weight is 553 g/mol. The summed E-state index contributed by atoms with van der Waals surface area (Å²) in [6.07, 6.45) is 0. The van der Waals surface area contributed by atoms with Crippen molar-refractivity contribution in [3.8, 4) is 11.5 Å². The van der Waals surface area contributed by atoms with Gasteiger partial charge in [-0.2, -0.15) is 0 Å². The number of hydrogen-bond acceptors (Lipinski definition) is 6. The van der Waals surface area contributed by atoms with Crippen molar-refractivity contribution in [2.24, 2.45) is 0 Å². The van der Waals surface area contributed by atoms with E-state index in [4.69, 9.17) is 33.3 Å². The number of hydrogen-bond donors (Lipinski definition) is 2. The lowest BCUT2D eigenvalue weighted by molar-refractivity contribution is 0.0746. The van der Waals surface area contributed by atoms with E-state index in [1.54, 1.807) is 49.6 Å². The van der Waals surface area contributed by atoms with Gasteiger partial charge in [-0.25, -0.2) is 0 Å². The molecule has 0 spiro atoms. The Bertz CT molecular complexity index is 1290. The summed E-state index contributed by atoms with van der Waals surface area (Å²) >= 11 is 11.5. The summed E-state index contributed by atoms with van der Waals surface area (Å²) in [6.45, 7) is 5.08. The molecular formula is C28H29ClN4O4S. The van der Waals surface area contributed by atoms with Gasteiger partial charge in [0, 0.05) is 48.7 Å². The number of rotatable bonds is 7. The van der Waals surface area contributed by atoms with E-state index in [1.165, 1.54) is 0 Å². The minimum absolute atomic E-state index is 0.0231. The first kappa shape index (κ1) is 27.2. The Morgan fingerprint density at radius 3 is 2.21 bits per heavy atom. The minimum atomic E-state index is -0.369. The van der Waals surface area contributed by atoms with Crippen LogP contribution in [0.25, 0.3) is 0 Å². The molecule has 2 N–H and O–H groups in total. The second kappa shape index (κ2) is 12.6. The fourth-order valence-corrected chi connectivity index (χ4v) is 4.54. The fraction of sp³-hybridized carbons (Fsp3) is 0.250. The van der Waals surface area contributed by atoms with Gasteiger partial charge < -0.3 is 24.6 Å². The number of amides is 2. The Morgan fingerprint density at radius 2 is 1.61 bits per heavy atom. The summed E-state index contributed by atoms with van der Waals surface area (Å²) in [6, 6.07) is 19.8. The Hall–Kier alpha value is -3.82. The van der Waals surface area contributed by atoms with Crippen molar-refractivity contribution < 1.29 is 19.1 Å². The molecule has 2 amide bonds. The van der Waals surface area contributed by atoms with Gasteiger partial charge in [0.25, 0.3) is 11.8 Å². The third-order valence-electron chi connectivity index (χ3n) is 6.12. The van der Waals surface area contributed by atoms with Gasteiger partial charge in [-0.1, -0.05) is 11.6 Å². The van der Waals surface area contributed by atoms with Crippen LogP contribution in [0.5, 0.6) is 11.5 Å². The van der Waals surface area contributed by atoms with Crippen molar-refractivity contribution in [1.29, 1.82) is 0 Å². The van der Waals surface area contributed by atoms with E-state index < -0.39 is 0 Å². The highest BCUT2D eigenvalue weighted by Gasteiger charge is 2.22. The summed E-state index contributed by atoms with van der Waals surface area (Å²) < 4.78 is 10.6. The van der Waals surface area contributed by atoms with Gasteiger partial charge in [0.2, 0.25) is 0 Å². The average Bonchev–Trinajstić information content (AvgIpc) is 2.94. The molecular weight excluding hydrogens is 524 g/mol. The number of carbonyl (C=O) groups excluding carboxylic acids is 2. The molecule has 1 aliphatic rings. The largest absolute Gasteiger partial charge is 0.497 e. The molecule has 198 valence electrons. The van der Waals surface area contributed by atoms with Crippen LogP contribution in [0, 0.1) is 0 Å². The minimum Gasteiger partial charge on any atom is -0.497 e. The number of benzene rings is 3. The maximum Gasteiger partial charge on any atom is 0.257 e. The second-order valence-corrected chi connectivity index (χ2v) is 9.36. The summed E-state index contributed by atoms with van der Waals surface area (Å²) in [7, 11) is 1.60. The molecule has 1 aliphatic heterocycles. The van der Waals surface area contributed by atoms with Gasteiger partial charge in [0.05, 0.1) is 18.7 Å². The third kappa shape index (κ3) is 6.73. The Balaban J connectivity index is 1.27. The number of carbonyl (C=O) groups is 2. The molecule has 1 fully saturated rings. The number of anilines is 2. The van der Waals surface area contributed by atoms with Crippen LogP contribution in [0.15, 0.2) is 66.7 Å². The van der Waals surface area contributed by atoms with Gasteiger partial charge >= 0.3 is 0 Å². The lowest BCUT2D eigenvalue weighted by Gasteiger charge is -2.36. The molecule has 3 aromatic carbocycles. The zero-order valence-electron chi connectivity index (χ0n) is 21.2. The number of thiocarbonyl (C=S) groups is 1. The van der Waals surface area contributed by atoms with Crippen LogP contribution in [0.1, 0.15) is 27.6 Å². The van der Waals surface area contributed by atoms with Crippen LogP contribution < -0.4 is 25.0 Å². The molecule has 3 aromatic rings. The monoisotopic (exact) mass is 552 g/mol. The molecule has 0 saturated carbocycles. The highest BCUT2D eigenvalue weighted by molar-refractivity contribution is 7.80. The second-order valence-electron chi connectivity index (χ2n) is 8.54. The highest BCUT2D eigenvalue weighted by Crippen LogP contribution is 2.25. The lowest BCUT2D eigenvalue weighted by Crippen LogP contribution is -2.48. The Morgan fingerprint density at radius 1 is 0.947 bits per heavy atom. The lowest BCUT2D eigenvalue weighted by atomic mass is 10.1. The molecule has 38 heavy (non-hydrogen) atoms. The van der Waals surface area contributed by atoms with Crippen molar-refractivity contribution in [2.75, 3.05) is 50.1 Å². The van der Waals surface area contributed by atoms with E-state index in [9.17, 15) is 9.59 Å². The zero-order chi connectivity index (χ0) is 27.1. The van der Waals surface area contributed by atoms with Gasteiger partial charge in [-0.05, 0) is 85.9 Å². The van der Waals surface area contributed by atoms with Crippen LogP contribution in [0.3, 0.4) is 0 Å². The predicted octanol–water partition coefficient (Wildman–Crippen LogP) is 4.84. The van der Waals surface area contributed by atoms with Crippen molar-refractivity contribution in [2.45, 2.75) is 6.92 Å². The quantitative estimate of drug-likeness (QED) is 0.406. The number of halogens is 1. The smallest absolute Gasteiger partial charge is 0.257 e. The number of methoxy groups -OCH3 is 1. The highest BCUT2D eigenvalue weighted by atomic mass is 35.5. The first-order valence-corrected chi connectivity index (χ1v) is 13.0. The number of nitrogens with one attached hydrogen (secondary N) is 2. The molecule has 4 rings (SSSR count). The van der Waals surface area contributed by atoms with Crippen LogP contribution >= 0.6 is 23.8 Å². The standard InChI is InChI=1S/C28H29ClN4O4S/c1-3-37-25-13-6-20(18-24(25)29)26(34)31-28(38)30-21-7-9-22(10-8-21)32-14-16-33(17-15-32)27(35)19-4-11-23(36-2)12-5-19/h4-13,18H,3,14-17H2,1-2H3,(H2,30,31,34,38). The number of piperazine rings is 1. The van der Waals surface area contributed by atoms with E-state index in [0.717, 1.165) is 30.2 Å². The van der Waals surface area contributed by atoms with Crippen LogP contribution in [-0.2, 0) is 0 Å². The van der Waals surface area contributed by atoms with Crippen LogP contribution in [-0.4, -0.2) is 61.7 Å². The van der Waals surface area contributed by atoms with Gasteiger partial charge in [0.15, 0.2) is 5.11 Å². The maximum absolute atomic E-state index is 12.8. The molecule has 0 aromatic heterocycles. The molecule has 1 saturated heterocycles. The predicted molar refractivity (Wildman–Crippen MR) is 154 cm³/mol. The fourth-order valence-electron chi connectivity index (χ4n) is 4.09. The topological polar surface area (TPSA) is 83.1 Å². The van der Waals surface area contributed by atoms with Crippen molar-refractivity contribution >= 4 is 52.1 Å². The molecule has 0 atom stereocenters. The SMILES string of the molecule is CCOc1ccc(C(=O)NC(=S)Nc2ccc(N3CCN(C(=O)c4ccc(OC)cc4)CC3)cc2)cc1Cl. The number of nitrogens with zero attached hydrogens (tertiary/aromatic N) is 2. The van der Waals surface area contributed by atoms with Crippen LogP contribution in [0.2, 0.25) is 5.02 Å². The van der Waals surface area contributed by atoms with E-state index in [0.29, 0.717) is 41.6 Å². The molecule has 8 nitrogen and oxygen atoms in total. The first-order valence-electron chi connectivity index (χ1n) is 12.2. The van der Waals surface area contributed by atoms with E-state index >= 15 is 0 Å². The Labute approximate surface area is 232 Å². The van der Waals surface area contributed by atoms with Crippen LogP contribution in [0.4, 0.5) is 11.4 Å². The van der Waals surface area contributed by atoms with E-state index in [-0.39, 0.29) is 16.9 Å². The van der Waals surface area contributed by atoms with Crippen molar-refractivity contribution in [1.82, 2.24) is 10.2 Å². The Kier molecular flexibility index (Phi) is 9.04. The molecule has 0 bridgehead atoms.